The maximum absolute atomic E-state index is 11.9. The van der Waals surface area contributed by atoms with Gasteiger partial charge in [-0.1, -0.05) is 28.1 Å². The number of hydrogen-bond donors (Lipinski definition) is 2. The first-order chi connectivity index (χ1) is 13.0. The molecule has 1 amide bonds. The van der Waals surface area contributed by atoms with Crippen LogP contribution in [0.15, 0.2) is 52.0 Å². The fraction of sp³-hybridized carbons (Fsp3) is 0.211. The molecular formula is C19H19BrN2O5. The predicted octanol–water partition coefficient (Wildman–Crippen LogP) is 3.00. The molecule has 0 aliphatic rings. The Hall–Kier alpha value is -2.87. The van der Waals surface area contributed by atoms with E-state index in [1.807, 2.05) is 31.2 Å². The molecule has 0 saturated heterocycles. The zero-order chi connectivity index (χ0) is 19.6. The number of carbonyl (C=O) groups is 2. The monoisotopic (exact) mass is 434 g/mol. The summed E-state index contributed by atoms with van der Waals surface area (Å²) in [4.78, 5) is 22.6. The normalized spacial score (nSPS) is 10.6. The predicted molar refractivity (Wildman–Crippen MR) is 104 cm³/mol. The summed E-state index contributed by atoms with van der Waals surface area (Å²) in [6, 6.07) is 12.4. The first-order valence-corrected chi connectivity index (χ1v) is 8.95. The SMILES string of the molecule is CCOc1cc(/C=N\NC(=O)Cc2ccc(Br)cc2)ccc1OCC(=O)O. The summed E-state index contributed by atoms with van der Waals surface area (Å²) < 4.78 is 11.6. The van der Waals surface area contributed by atoms with E-state index in [1.54, 1.807) is 18.2 Å². The summed E-state index contributed by atoms with van der Waals surface area (Å²) in [5.74, 6) is -0.573. The number of halogens is 1. The quantitative estimate of drug-likeness (QED) is 0.466. The van der Waals surface area contributed by atoms with E-state index in [1.165, 1.54) is 6.21 Å². The Kier molecular flexibility index (Phi) is 7.81. The second-order valence-corrected chi connectivity index (χ2v) is 6.33. The molecule has 0 bridgehead atoms. The Morgan fingerprint density at radius 2 is 1.89 bits per heavy atom. The van der Waals surface area contributed by atoms with Gasteiger partial charge in [-0.2, -0.15) is 5.10 Å². The molecule has 0 saturated carbocycles. The van der Waals surface area contributed by atoms with Gasteiger partial charge in [-0.25, -0.2) is 10.2 Å². The van der Waals surface area contributed by atoms with Gasteiger partial charge >= 0.3 is 5.97 Å². The number of hydrogen-bond acceptors (Lipinski definition) is 5. The standard InChI is InChI=1S/C19H19BrN2O5/c1-2-26-17-9-14(5-8-16(17)27-12-19(24)25)11-21-22-18(23)10-13-3-6-15(20)7-4-13/h3-9,11H,2,10,12H2,1H3,(H,22,23)(H,24,25)/b21-11-. The Morgan fingerprint density at radius 1 is 1.15 bits per heavy atom. The summed E-state index contributed by atoms with van der Waals surface area (Å²) in [6.45, 7) is 1.75. The second-order valence-electron chi connectivity index (χ2n) is 5.42. The lowest BCUT2D eigenvalue weighted by Gasteiger charge is -2.11. The topological polar surface area (TPSA) is 97.2 Å². The number of rotatable bonds is 9. The molecule has 0 fully saturated rings. The third kappa shape index (κ3) is 7.10. The van der Waals surface area contributed by atoms with Gasteiger partial charge in [0.15, 0.2) is 18.1 Å². The number of aliphatic carboxylic acids is 1. The van der Waals surface area contributed by atoms with Crippen LogP contribution < -0.4 is 14.9 Å². The van der Waals surface area contributed by atoms with E-state index in [0.29, 0.717) is 23.7 Å². The fourth-order valence-electron chi connectivity index (χ4n) is 2.14. The van der Waals surface area contributed by atoms with Gasteiger partial charge < -0.3 is 14.6 Å². The molecule has 7 nitrogen and oxygen atoms in total. The van der Waals surface area contributed by atoms with Gasteiger partial charge in [-0.05, 0) is 48.4 Å². The third-order valence-electron chi connectivity index (χ3n) is 3.30. The van der Waals surface area contributed by atoms with Crippen LogP contribution in [0.3, 0.4) is 0 Å². The zero-order valence-electron chi connectivity index (χ0n) is 14.6. The van der Waals surface area contributed by atoms with E-state index in [2.05, 4.69) is 26.5 Å². The minimum atomic E-state index is -1.07. The number of nitrogens with one attached hydrogen (secondary N) is 1. The first-order valence-electron chi connectivity index (χ1n) is 8.15. The molecule has 0 heterocycles. The van der Waals surface area contributed by atoms with Crippen molar-refractivity contribution in [3.8, 4) is 11.5 Å². The molecular weight excluding hydrogens is 416 g/mol. The molecule has 0 atom stereocenters. The molecule has 27 heavy (non-hydrogen) atoms. The van der Waals surface area contributed by atoms with E-state index in [4.69, 9.17) is 14.6 Å². The molecule has 2 aromatic carbocycles. The Bertz CT molecular complexity index is 821. The molecule has 0 radical (unpaired) electrons. The van der Waals surface area contributed by atoms with E-state index < -0.39 is 12.6 Å². The Balaban J connectivity index is 1.96. The number of carboxylic acid groups (broad SMARTS) is 1. The van der Waals surface area contributed by atoms with Gasteiger partial charge in [0.05, 0.1) is 19.2 Å². The van der Waals surface area contributed by atoms with Crippen LogP contribution in [0.5, 0.6) is 11.5 Å². The summed E-state index contributed by atoms with van der Waals surface area (Å²) in [5.41, 5.74) is 4.02. The average Bonchev–Trinajstić information content (AvgIpc) is 2.63. The summed E-state index contributed by atoms with van der Waals surface area (Å²) >= 11 is 3.35. The van der Waals surface area contributed by atoms with Gasteiger partial charge in [0.25, 0.3) is 0 Å². The highest BCUT2D eigenvalue weighted by molar-refractivity contribution is 9.10. The molecule has 0 spiro atoms. The molecule has 2 rings (SSSR count). The van der Waals surface area contributed by atoms with Crippen molar-refractivity contribution < 1.29 is 24.2 Å². The lowest BCUT2D eigenvalue weighted by Crippen LogP contribution is -2.19. The van der Waals surface area contributed by atoms with Crippen molar-refractivity contribution in [3.05, 3.63) is 58.1 Å². The Morgan fingerprint density at radius 3 is 2.56 bits per heavy atom. The average molecular weight is 435 g/mol. The van der Waals surface area contributed by atoms with Crippen LogP contribution in [0.2, 0.25) is 0 Å². The van der Waals surface area contributed by atoms with E-state index in [9.17, 15) is 9.59 Å². The van der Waals surface area contributed by atoms with Crippen molar-refractivity contribution in [2.75, 3.05) is 13.2 Å². The number of amides is 1. The lowest BCUT2D eigenvalue weighted by molar-refractivity contribution is -0.139. The lowest BCUT2D eigenvalue weighted by atomic mass is 10.1. The smallest absolute Gasteiger partial charge is 0.341 e. The Labute approximate surface area is 165 Å². The number of hydrazone groups is 1. The highest BCUT2D eigenvalue weighted by atomic mass is 79.9. The third-order valence-corrected chi connectivity index (χ3v) is 3.83. The van der Waals surface area contributed by atoms with Crippen LogP contribution in [0.1, 0.15) is 18.1 Å². The highest BCUT2D eigenvalue weighted by Gasteiger charge is 2.08. The van der Waals surface area contributed by atoms with Crippen LogP contribution in [0.25, 0.3) is 0 Å². The first kappa shape index (κ1) is 20.4. The van der Waals surface area contributed by atoms with Gasteiger partial charge in [-0.3, -0.25) is 4.79 Å². The maximum atomic E-state index is 11.9. The van der Waals surface area contributed by atoms with Gasteiger partial charge in [0.2, 0.25) is 5.91 Å². The number of carboxylic acids is 1. The second kappa shape index (κ2) is 10.3. The maximum Gasteiger partial charge on any atom is 0.341 e. The van der Waals surface area contributed by atoms with Crippen LogP contribution in [0, 0.1) is 0 Å². The zero-order valence-corrected chi connectivity index (χ0v) is 16.2. The number of ether oxygens (including phenoxy) is 2. The summed E-state index contributed by atoms with van der Waals surface area (Å²) in [6.07, 6.45) is 1.69. The van der Waals surface area contributed by atoms with Gasteiger partial charge in [0.1, 0.15) is 0 Å². The van der Waals surface area contributed by atoms with Gasteiger partial charge in [-0.15, -0.1) is 0 Å². The number of nitrogens with zero attached hydrogens (tertiary/aromatic N) is 1. The highest BCUT2D eigenvalue weighted by Crippen LogP contribution is 2.28. The van der Waals surface area contributed by atoms with E-state index in [-0.39, 0.29) is 12.3 Å². The number of carbonyl (C=O) groups excluding carboxylic acids is 1. The van der Waals surface area contributed by atoms with E-state index in [0.717, 1.165) is 10.0 Å². The van der Waals surface area contributed by atoms with Crippen molar-refractivity contribution in [2.24, 2.45) is 5.10 Å². The van der Waals surface area contributed by atoms with Crippen molar-refractivity contribution in [1.29, 1.82) is 0 Å². The van der Waals surface area contributed by atoms with Crippen LogP contribution in [-0.2, 0) is 16.0 Å². The molecule has 0 unspecified atom stereocenters. The summed E-state index contributed by atoms with van der Waals surface area (Å²) in [5, 5.41) is 12.6. The molecule has 2 aromatic rings. The van der Waals surface area contributed by atoms with E-state index >= 15 is 0 Å². The van der Waals surface area contributed by atoms with Crippen molar-refractivity contribution in [3.63, 3.8) is 0 Å². The molecule has 0 aromatic heterocycles. The van der Waals surface area contributed by atoms with Crippen molar-refractivity contribution in [2.45, 2.75) is 13.3 Å². The number of benzene rings is 2. The van der Waals surface area contributed by atoms with Crippen molar-refractivity contribution in [1.82, 2.24) is 5.43 Å². The summed E-state index contributed by atoms with van der Waals surface area (Å²) in [7, 11) is 0. The largest absolute Gasteiger partial charge is 0.490 e. The molecule has 142 valence electrons. The van der Waals surface area contributed by atoms with Crippen molar-refractivity contribution >= 4 is 34.0 Å². The fourth-order valence-corrected chi connectivity index (χ4v) is 2.40. The van der Waals surface area contributed by atoms with Crippen LogP contribution >= 0.6 is 15.9 Å². The molecule has 0 aliphatic carbocycles. The van der Waals surface area contributed by atoms with Crippen LogP contribution in [0.4, 0.5) is 0 Å². The minimum Gasteiger partial charge on any atom is -0.490 e. The van der Waals surface area contributed by atoms with Crippen LogP contribution in [-0.4, -0.2) is 36.4 Å². The molecule has 0 aliphatic heterocycles. The van der Waals surface area contributed by atoms with Gasteiger partial charge in [0, 0.05) is 4.47 Å². The molecule has 2 N–H and O–H groups in total. The minimum absolute atomic E-state index is 0.219. The molecule has 8 heteroatoms.